The highest BCUT2D eigenvalue weighted by Gasteiger charge is 2.41. The van der Waals surface area contributed by atoms with Crippen LogP contribution in [0.4, 0.5) is 16.2 Å². The van der Waals surface area contributed by atoms with E-state index in [2.05, 4.69) is 23.2 Å². The molecule has 0 spiro atoms. The molecule has 2 atom stereocenters. The van der Waals surface area contributed by atoms with E-state index in [1.807, 2.05) is 0 Å². The summed E-state index contributed by atoms with van der Waals surface area (Å²) >= 11 is 0. The summed E-state index contributed by atoms with van der Waals surface area (Å²) in [6.45, 7) is 14.5. The van der Waals surface area contributed by atoms with Crippen LogP contribution in [-0.2, 0) is 19.1 Å². The molecule has 5 rings (SSSR count). The van der Waals surface area contributed by atoms with E-state index in [4.69, 9.17) is 29.4 Å². The lowest BCUT2D eigenvalue weighted by atomic mass is 10.1. The lowest BCUT2D eigenvalue weighted by molar-refractivity contribution is -0.145. The summed E-state index contributed by atoms with van der Waals surface area (Å²) in [7, 11) is 4.23. The molecule has 0 saturated carbocycles. The Labute approximate surface area is 320 Å². The minimum Gasteiger partial charge on any atom is -0.493 e. The van der Waals surface area contributed by atoms with Gasteiger partial charge in [-0.2, -0.15) is 0 Å². The molecule has 0 aromatic heterocycles. The summed E-state index contributed by atoms with van der Waals surface area (Å²) in [5, 5.41) is 12.0. The van der Waals surface area contributed by atoms with Crippen LogP contribution in [0.2, 0.25) is 0 Å². The van der Waals surface area contributed by atoms with Crippen molar-refractivity contribution in [3.63, 3.8) is 0 Å². The molecule has 4 N–H and O–H groups in total. The highest BCUT2D eigenvalue weighted by Crippen LogP contribution is 2.38. The van der Waals surface area contributed by atoms with Crippen LogP contribution in [0.5, 0.6) is 23.0 Å². The van der Waals surface area contributed by atoms with Gasteiger partial charge in [-0.25, -0.2) is 14.4 Å². The van der Waals surface area contributed by atoms with Crippen molar-refractivity contribution in [3.8, 4) is 23.0 Å². The monoisotopic (exact) mass is 766 g/mol. The molecule has 2 saturated heterocycles. The number of benzene rings is 2. The van der Waals surface area contributed by atoms with Gasteiger partial charge in [0.05, 0.1) is 57.0 Å². The molecular weight excluding hydrogens is 716 g/mol. The molecule has 16 heteroatoms. The fourth-order valence-corrected chi connectivity index (χ4v) is 6.17. The Hall–Kier alpha value is -5.93. The number of unbranched alkanes of at least 4 members (excludes halogenated alkanes) is 2. The number of amides is 3. The van der Waals surface area contributed by atoms with Gasteiger partial charge in [0, 0.05) is 37.7 Å². The highest BCUT2D eigenvalue weighted by molar-refractivity contribution is 6.11. The number of carboxylic acids is 1. The summed E-state index contributed by atoms with van der Waals surface area (Å²) in [6, 6.07) is 4.83. The van der Waals surface area contributed by atoms with Crippen LogP contribution < -0.4 is 30.0 Å². The van der Waals surface area contributed by atoms with E-state index in [9.17, 15) is 29.1 Å². The number of methoxy groups -OCH3 is 3. The Bertz CT molecular complexity index is 1840. The minimum absolute atomic E-state index is 0.0465. The van der Waals surface area contributed by atoms with Crippen molar-refractivity contribution >= 4 is 41.2 Å². The molecule has 3 aliphatic rings. The number of nitrogens with zero attached hydrogens (tertiary/aromatic N) is 2. The van der Waals surface area contributed by atoms with Crippen LogP contribution >= 0.6 is 0 Å². The van der Waals surface area contributed by atoms with Gasteiger partial charge in [0.25, 0.3) is 5.91 Å². The first-order valence-corrected chi connectivity index (χ1v) is 17.7. The number of rotatable bonds is 12. The third-order valence-corrected chi connectivity index (χ3v) is 8.83. The van der Waals surface area contributed by atoms with Crippen molar-refractivity contribution in [2.75, 3.05) is 58.7 Å². The first kappa shape index (κ1) is 41.8. The predicted molar refractivity (Wildman–Crippen MR) is 202 cm³/mol. The molecule has 2 fully saturated rings. The molecule has 55 heavy (non-hydrogen) atoms. The van der Waals surface area contributed by atoms with E-state index in [1.54, 1.807) is 32.9 Å². The summed E-state index contributed by atoms with van der Waals surface area (Å²) in [4.78, 5) is 63.4. The Balaban J connectivity index is 0.000000332. The molecule has 2 aromatic rings. The highest BCUT2D eigenvalue weighted by atomic mass is 16.6. The number of carbonyl (C=O) groups excluding carboxylic acids is 4. The number of carboxylic acid groups (broad SMARTS) is 1. The van der Waals surface area contributed by atoms with Crippen LogP contribution in [0.1, 0.15) is 73.6 Å². The average molecular weight is 767 g/mol. The molecule has 2 aromatic carbocycles. The molecule has 3 aliphatic heterocycles. The third-order valence-electron chi connectivity index (χ3n) is 8.83. The summed E-state index contributed by atoms with van der Waals surface area (Å²) in [5.41, 5.74) is 7.69. The molecule has 3 amide bonds. The van der Waals surface area contributed by atoms with Gasteiger partial charge in [0.2, 0.25) is 5.91 Å². The Kier molecular flexibility index (Phi) is 13.6. The van der Waals surface area contributed by atoms with E-state index in [-0.39, 0.29) is 23.1 Å². The number of ether oxygens (including phenoxy) is 6. The maximum Gasteiger partial charge on any atom is 0.411 e. The van der Waals surface area contributed by atoms with Crippen molar-refractivity contribution in [2.45, 2.75) is 70.6 Å². The normalized spacial score (nSPS) is 17.6. The number of carbonyl (C=O) groups is 5. The van der Waals surface area contributed by atoms with Crippen LogP contribution in [0, 0.1) is 0 Å². The Morgan fingerprint density at radius 2 is 1.47 bits per heavy atom. The molecule has 0 aliphatic carbocycles. The lowest BCUT2D eigenvalue weighted by Gasteiger charge is -2.27. The van der Waals surface area contributed by atoms with Gasteiger partial charge in [-0.15, -0.1) is 0 Å². The number of hydrogen-bond donors (Lipinski definition) is 3. The van der Waals surface area contributed by atoms with Crippen molar-refractivity contribution in [1.29, 1.82) is 0 Å². The second-order valence-corrected chi connectivity index (χ2v) is 14.2. The summed E-state index contributed by atoms with van der Waals surface area (Å²) in [6.07, 6.45) is 2.58. The van der Waals surface area contributed by atoms with E-state index in [1.165, 1.54) is 43.3 Å². The van der Waals surface area contributed by atoms with Crippen LogP contribution in [0.25, 0.3) is 0 Å². The summed E-state index contributed by atoms with van der Waals surface area (Å²) < 4.78 is 32.2. The van der Waals surface area contributed by atoms with Gasteiger partial charge >= 0.3 is 18.0 Å². The quantitative estimate of drug-likeness (QED) is 0.112. The van der Waals surface area contributed by atoms with Gasteiger partial charge in [-0.05, 0) is 52.5 Å². The first-order chi connectivity index (χ1) is 26.0. The number of nitrogens with two attached hydrogens (primary N) is 1. The Morgan fingerprint density at radius 1 is 0.873 bits per heavy atom. The van der Waals surface area contributed by atoms with Gasteiger partial charge < -0.3 is 49.5 Å². The molecule has 3 heterocycles. The number of likely N-dealkylation sites (tertiary alicyclic amines) is 1. The number of aromatic carboxylic acids is 1. The molecule has 0 bridgehead atoms. The van der Waals surface area contributed by atoms with Gasteiger partial charge in [-0.3, -0.25) is 14.5 Å². The van der Waals surface area contributed by atoms with Gasteiger partial charge in [0.1, 0.15) is 17.7 Å². The fourth-order valence-electron chi connectivity index (χ4n) is 6.17. The number of esters is 1. The number of hydrogen-bond acceptors (Lipinski definition) is 12. The van der Waals surface area contributed by atoms with Crippen molar-refractivity contribution in [2.24, 2.45) is 0 Å². The van der Waals surface area contributed by atoms with Crippen molar-refractivity contribution < 1.29 is 57.5 Å². The fraction of sp³-hybridized carbons (Fsp3) is 0.462. The molecule has 0 unspecified atom stereocenters. The molecule has 16 nitrogen and oxygen atoms in total. The number of fused-ring (bicyclic) bond motifs is 2. The average Bonchev–Trinajstić information content (AvgIpc) is 3.70. The van der Waals surface area contributed by atoms with Crippen molar-refractivity contribution in [3.05, 3.63) is 59.7 Å². The standard InChI is InChI=1S/C27H31N3O8.C12H19NO4/c1-15-9-20-25(31)29-19-13-24(22(36-3)11-17(19)26(32)30(20)14-15)38-8-6-4-5-7-37-23-12-18(28)16(27(33)34)10-21(23)35-2;1-8-6-9(10(14)16-5)13(7-8)11(15)17-12(2,3)4/h10-13,20H,1,4-9,14,28H2,2-3H3,(H,29,31)(H,33,34);9H,1,6-7H2,2-5H3/t20-;9-/m00/s1. The lowest BCUT2D eigenvalue weighted by Crippen LogP contribution is -2.43. The second kappa shape index (κ2) is 17.9. The largest absolute Gasteiger partial charge is 0.493 e. The SMILES string of the molecule is C=C1C[C@@H](C(=O)OC)N(C(=O)OC(C)(C)C)C1.C=C1C[C@H]2C(=O)Nc3cc(OCCCCCOc4cc(N)c(C(=O)O)cc4OC)c(OC)cc3C(=O)N2C1. The number of anilines is 2. The van der Waals surface area contributed by atoms with Crippen LogP contribution in [0.3, 0.4) is 0 Å². The third kappa shape index (κ3) is 10.4. The zero-order valence-electron chi connectivity index (χ0n) is 32.2. The number of nitrogen functional groups attached to an aromatic ring is 1. The zero-order valence-corrected chi connectivity index (χ0v) is 32.2. The zero-order chi connectivity index (χ0) is 40.6. The van der Waals surface area contributed by atoms with E-state index < -0.39 is 35.7 Å². The first-order valence-electron chi connectivity index (χ1n) is 17.7. The molecular formula is C39H50N4O12. The van der Waals surface area contributed by atoms with E-state index in [0.717, 1.165) is 17.6 Å². The molecule has 298 valence electrons. The minimum atomic E-state index is -1.14. The van der Waals surface area contributed by atoms with Gasteiger partial charge in [0.15, 0.2) is 23.0 Å². The van der Waals surface area contributed by atoms with Crippen LogP contribution in [-0.4, -0.2) is 110 Å². The molecule has 0 radical (unpaired) electrons. The van der Waals surface area contributed by atoms with Gasteiger partial charge in [-0.1, -0.05) is 24.3 Å². The maximum absolute atomic E-state index is 13.1. The number of nitrogens with one attached hydrogen (secondary N) is 1. The van der Waals surface area contributed by atoms with E-state index in [0.29, 0.717) is 86.2 Å². The topological polar surface area (TPSA) is 205 Å². The van der Waals surface area contributed by atoms with Crippen LogP contribution in [0.15, 0.2) is 48.6 Å². The second-order valence-electron chi connectivity index (χ2n) is 14.2. The Morgan fingerprint density at radius 3 is 2.05 bits per heavy atom. The maximum atomic E-state index is 13.1. The predicted octanol–water partition coefficient (Wildman–Crippen LogP) is 5.06. The summed E-state index contributed by atoms with van der Waals surface area (Å²) in [5.74, 6) is -0.561. The van der Waals surface area contributed by atoms with E-state index >= 15 is 0 Å². The smallest absolute Gasteiger partial charge is 0.411 e. The van der Waals surface area contributed by atoms with Crippen molar-refractivity contribution in [1.82, 2.24) is 9.80 Å².